The minimum Gasteiger partial charge on any atom is -0.481 e. The van der Waals surface area contributed by atoms with Crippen LogP contribution >= 0.6 is 0 Å². The van der Waals surface area contributed by atoms with Crippen LogP contribution in [0.1, 0.15) is 33.6 Å². The number of carboxylic acids is 1. The van der Waals surface area contributed by atoms with E-state index >= 15 is 0 Å². The van der Waals surface area contributed by atoms with Gasteiger partial charge in [0.15, 0.2) is 0 Å². The summed E-state index contributed by atoms with van der Waals surface area (Å²) < 4.78 is 0. The maximum absolute atomic E-state index is 12.1. The van der Waals surface area contributed by atoms with E-state index < -0.39 is 17.3 Å². The van der Waals surface area contributed by atoms with Crippen molar-refractivity contribution in [2.75, 3.05) is 26.7 Å². The molecule has 6 nitrogen and oxygen atoms in total. The average molecular weight is 284 g/mol. The molecule has 1 aliphatic rings. The Balaban J connectivity index is 2.58. The number of hydrogen-bond donors (Lipinski definition) is 1. The third-order valence-electron chi connectivity index (χ3n) is 3.48. The second-order valence-corrected chi connectivity index (χ2v) is 6.43. The lowest BCUT2D eigenvalue weighted by atomic mass is 9.95. The van der Waals surface area contributed by atoms with Crippen LogP contribution < -0.4 is 0 Å². The smallest absolute Gasteiger partial charge is 0.308 e. The zero-order chi connectivity index (χ0) is 15.5. The van der Waals surface area contributed by atoms with Crippen molar-refractivity contribution < 1.29 is 19.5 Å². The lowest BCUT2D eigenvalue weighted by Crippen LogP contribution is -2.48. The lowest BCUT2D eigenvalue weighted by Gasteiger charge is -2.33. The minimum atomic E-state index is -0.860. The third kappa shape index (κ3) is 4.21. The van der Waals surface area contributed by atoms with Crippen molar-refractivity contribution in [2.24, 2.45) is 11.3 Å². The number of likely N-dealkylation sites (tertiary alicyclic amines) is 1. The number of carbonyl (C=O) groups is 3. The summed E-state index contributed by atoms with van der Waals surface area (Å²) in [6.45, 7) is 6.22. The fourth-order valence-electron chi connectivity index (χ4n) is 2.35. The van der Waals surface area contributed by atoms with Gasteiger partial charge in [-0.3, -0.25) is 14.4 Å². The highest BCUT2D eigenvalue weighted by Crippen LogP contribution is 2.19. The molecule has 6 heteroatoms. The first-order chi connectivity index (χ1) is 9.12. The van der Waals surface area contributed by atoms with Gasteiger partial charge in [0.2, 0.25) is 11.8 Å². The molecule has 1 fully saturated rings. The molecule has 0 bridgehead atoms. The van der Waals surface area contributed by atoms with Crippen LogP contribution in [0.15, 0.2) is 0 Å². The molecule has 1 saturated heterocycles. The molecule has 0 radical (unpaired) electrons. The molecule has 114 valence electrons. The summed E-state index contributed by atoms with van der Waals surface area (Å²) in [5.74, 6) is -1.63. The monoisotopic (exact) mass is 284 g/mol. The Morgan fingerprint density at radius 1 is 1.30 bits per heavy atom. The van der Waals surface area contributed by atoms with E-state index in [-0.39, 0.29) is 24.9 Å². The van der Waals surface area contributed by atoms with Crippen molar-refractivity contribution in [3.8, 4) is 0 Å². The number of carbonyl (C=O) groups excluding carboxylic acids is 2. The number of nitrogens with zero attached hydrogens (tertiary/aromatic N) is 2. The van der Waals surface area contributed by atoms with E-state index in [0.29, 0.717) is 19.4 Å². The van der Waals surface area contributed by atoms with Crippen LogP contribution in [-0.2, 0) is 14.4 Å². The van der Waals surface area contributed by atoms with E-state index in [2.05, 4.69) is 0 Å². The topological polar surface area (TPSA) is 77.9 Å². The summed E-state index contributed by atoms with van der Waals surface area (Å²) in [6.07, 6.45) is 1.30. The predicted molar refractivity (Wildman–Crippen MR) is 74.0 cm³/mol. The Kier molecular flexibility index (Phi) is 5.14. The van der Waals surface area contributed by atoms with Gasteiger partial charge in [0, 0.05) is 25.6 Å². The normalized spacial score (nSPS) is 19.6. The van der Waals surface area contributed by atoms with Crippen molar-refractivity contribution in [3.63, 3.8) is 0 Å². The van der Waals surface area contributed by atoms with Gasteiger partial charge in [0.25, 0.3) is 0 Å². The van der Waals surface area contributed by atoms with Gasteiger partial charge in [0.05, 0.1) is 12.5 Å². The quantitative estimate of drug-likeness (QED) is 0.832. The van der Waals surface area contributed by atoms with Crippen molar-refractivity contribution in [3.05, 3.63) is 0 Å². The van der Waals surface area contributed by atoms with Gasteiger partial charge in [-0.2, -0.15) is 0 Å². The molecule has 0 aromatic heterocycles. The molecular formula is C14H24N2O4. The summed E-state index contributed by atoms with van der Waals surface area (Å²) in [6, 6.07) is 0. The number of piperidine rings is 1. The molecular weight excluding hydrogens is 260 g/mol. The molecule has 0 saturated carbocycles. The summed E-state index contributed by atoms with van der Waals surface area (Å²) in [5.41, 5.74) is -0.527. The SMILES string of the molecule is CN(CC(=O)N1CCCC(C(=O)O)C1)C(=O)C(C)(C)C. The number of aliphatic carboxylic acids is 1. The molecule has 1 unspecified atom stereocenters. The summed E-state index contributed by atoms with van der Waals surface area (Å²) in [5, 5.41) is 9.01. The Morgan fingerprint density at radius 2 is 1.90 bits per heavy atom. The van der Waals surface area contributed by atoms with Crippen molar-refractivity contribution in [1.82, 2.24) is 9.80 Å². The zero-order valence-corrected chi connectivity index (χ0v) is 12.7. The van der Waals surface area contributed by atoms with Crippen molar-refractivity contribution in [2.45, 2.75) is 33.6 Å². The van der Waals surface area contributed by atoms with E-state index in [9.17, 15) is 14.4 Å². The highest BCUT2D eigenvalue weighted by molar-refractivity contribution is 5.87. The van der Waals surface area contributed by atoms with Gasteiger partial charge in [-0.1, -0.05) is 20.8 Å². The van der Waals surface area contributed by atoms with Crippen LogP contribution in [-0.4, -0.2) is 59.4 Å². The van der Waals surface area contributed by atoms with Gasteiger partial charge in [0.1, 0.15) is 0 Å². The van der Waals surface area contributed by atoms with E-state index in [1.54, 1.807) is 32.7 Å². The Morgan fingerprint density at radius 3 is 2.40 bits per heavy atom. The fourth-order valence-corrected chi connectivity index (χ4v) is 2.35. The van der Waals surface area contributed by atoms with Gasteiger partial charge in [-0.25, -0.2) is 0 Å². The van der Waals surface area contributed by atoms with Crippen LogP contribution in [0.4, 0.5) is 0 Å². The highest BCUT2D eigenvalue weighted by Gasteiger charge is 2.31. The second kappa shape index (κ2) is 6.24. The minimum absolute atomic E-state index is 0.00242. The largest absolute Gasteiger partial charge is 0.481 e. The summed E-state index contributed by atoms with van der Waals surface area (Å²) in [7, 11) is 1.60. The molecule has 1 N–H and O–H groups in total. The van der Waals surface area contributed by atoms with Gasteiger partial charge >= 0.3 is 5.97 Å². The fraction of sp³-hybridized carbons (Fsp3) is 0.786. The lowest BCUT2D eigenvalue weighted by molar-refractivity contribution is -0.148. The van der Waals surface area contributed by atoms with Crippen LogP contribution in [0.25, 0.3) is 0 Å². The molecule has 0 aromatic rings. The molecule has 1 aliphatic heterocycles. The van der Waals surface area contributed by atoms with Crippen molar-refractivity contribution >= 4 is 17.8 Å². The standard InChI is InChI=1S/C14H24N2O4/c1-14(2,3)13(20)15(4)9-11(17)16-7-5-6-10(8-16)12(18)19/h10H,5-9H2,1-4H3,(H,18,19). The average Bonchev–Trinajstić information content (AvgIpc) is 2.36. The van der Waals surface area contributed by atoms with Crippen LogP contribution in [0.2, 0.25) is 0 Å². The first kappa shape index (κ1) is 16.5. The maximum Gasteiger partial charge on any atom is 0.308 e. The number of hydrogen-bond acceptors (Lipinski definition) is 3. The molecule has 0 aliphatic carbocycles. The zero-order valence-electron chi connectivity index (χ0n) is 12.7. The molecule has 20 heavy (non-hydrogen) atoms. The van der Waals surface area contributed by atoms with E-state index in [1.165, 1.54) is 4.90 Å². The summed E-state index contributed by atoms with van der Waals surface area (Å²) >= 11 is 0. The van der Waals surface area contributed by atoms with Crippen LogP contribution in [0, 0.1) is 11.3 Å². The Labute approximate surface area is 119 Å². The van der Waals surface area contributed by atoms with E-state index in [0.717, 1.165) is 0 Å². The van der Waals surface area contributed by atoms with Gasteiger partial charge in [-0.15, -0.1) is 0 Å². The molecule has 1 rings (SSSR count). The number of carboxylic acid groups (broad SMARTS) is 1. The van der Waals surface area contributed by atoms with Crippen LogP contribution in [0.3, 0.4) is 0 Å². The maximum atomic E-state index is 12.1. The second-order valence-electron chi connectivity index (χ2n) is 6.43. The highest BCUT2D eigenvalue weighted by atomic mass is 16.4. The number of amides is 2. The third-order valence-corrected chi connectivity index (χ3v) is 3.48. The van der Waals surface area contributed by atoms with Gasteiger partial charge in [-0.05, 0) is 12.8 Å². The number of rotatable bonds is 3. The number of likely N-dealkylation sites (N-methyl/N-ethyl adjacent to an activating group) is 1. The first-order valence-electron chi connectivity index (χ1n) is 6.89. The molecule has 1 heterocycles. The van der Waals surface area contributed by atoms with E-state index in [1.807, 2.05) is 0 Å². The molecule has 0 aromatic carbocycles. The predicted octanol–water partition coefficient (Wildman–Crippen LogP) is 0.814. The molecule has 0 spiro atoms. The first-order valence-corrected chi connectivity index (χ1v) is 6.89. The summed E-state index contributed by atoms with van der Waals surface area (Å²) in [4.78, 5) is 38.1. The van der Waals surface area contributed by atoms with E-state index in [4.69, 9.17) is 5.11 Å². The Hall–Kier alpha value is -1.59. The molecule has 2 amide bonds. The van der Waals surface area contributed by atoms with Gasteiger partial charge < -0.3 is 14.9 Å². The Bertz CT molecular complexity index is 400. The van der Waals surface area contributed by atoms with Crippen molar-refractivity contribution in [1.29, 1.82) is 0 Å². The molecule has 1 atom stereocenters. The van der Waals surface area contributed by atoms with Crippen LogP contribution in [0.5, 0.6) is 0 Å².